The van der Waals surface area contributed by atoms with Crippen LogP contribution in [-0.4, -0.2) is 24.3 Å². The lowest BCUT2D eigenvalue weighted by Crippen LogP contribution is -2.40. The summed E-state index contributed by atoms with van der Waals surface area (Å²) >= 11 is 0. The van der Waals surface area contributed by atoms with E-state index < -0.39 is 5.54 Å². The van der Waals surface area contributed by atoms with Gasteiger partial charge in [0.05, 0.1) is 12.7 Å². The molecule has 5 nitrogen and oxygen atoms in total. The fourth-order valence-electron chi connectivity index (χ4n) is 4.82. The van der Waals surface area contributed by atoms with E-state index in [1.807, 2.05) is 36.6 Å². The van der Waals surface area contributed by atoms with Crippen molar-refractivity contribution in [2.45, 2.75) is 32.2 Å². The average Bonchev–Trinajstić information content (AvgIpc) is 2.76. The van der Waals surface area contributed by atoms with Gasteiger partial charge in [-0.1, -0.05) is 35.9 Å². The molecule has 0 radical (unpaired) electrons. The van der Waals surface area contributed by atoms with Crippen molar-refractivity contribution in [2.75, 3.05) is 7.11 Å². The van der Waals surface area contributed by atoms with Crippen LogP contribution in [0.3, 0.4) is 0 Å². The summed E-state index contributed by atoms with van der Waals surface area (Å²) in [5, 5.41) is 0. The molecule has 2 bridgehead atoms. The molecular formula is C26H26N2O3. The lowest BCUT2D eigenvalue weighted by atomic mass is 9.63. The third-order valence-electron chi connectivity index (χ3n) is 6.08. The van der Waals surface area contributed by atoms with Crippen LogP contribution in [0.2, 0.25) is 0 Å². The smallest absolute Gasteiger partial charge is 0.337 e. The number of H-pyrrole nitrogens is 1. The highest BCUT2D eigenvalue weighted by Crippen LogP contribution is 2.51. The molecule has 2 aliphatic rings. The van der Waals surface area contributed by atoms with Crippen molar-refractivity contribution in [1.82, 2.24) is 4.98 Å². The Morgan fingerprint density at radius 2 is 2.00 bits per heavy atom. The second-order valence-corrected chi connectivity index (χ2v) is 8.07. The summed E-state index contributed by atoms with van der Waals surface area (Å²) in [6.07, 6.45) is 11.8. The first-order chi connectivity index (χ1) is 15.0. The van der Waals surface area contributed by atoms with Crippen molar-refractivity contribution in [3.05, 3.63) is 98.5 Å². The van der Waals surface area contributed by atoms with Gasteiger partial charge in [-0.3, -0.25) is 9.79 Å². The van der Waals surface area contributed by atoms with Gasteiger partial charge in [-0.2, -0.15) is 0 Å². The first-order valence-electron chi connectivity index (χ1n) is 10.4. The van der Waals surface area contributed by atoms with E-state index in [9.17, 15) is 9.59 Å². The van der Waals surface area contributed by atoms with Gasteiger partial charge >= 0.3 is 5.97 Å². The molecule has 0 fully saturated rings. The number of aromatic nitrogens is 1. The molecule has 0 aliphatic heterocycles. The van der Waals surface area contributed by atoms with Crippen LogP contribution in [0.5, 0.6) is 0 Å². The molecule has 0 saturated heterocycles. The number of benzene rings is 1. The molecule has 0 saturated carbocycles. The van der Waals surface area contributed by atoms with Crippen LogP contribution < -0.4 is 5.56 Å². The largest absolute Gasteiger partial charge is 0.465 e. The topological polar surface area (TPSA) is 71.5 Å². The lowest BCUT2D eigenvalue weighted by Gasteiger charge is -2.45. The number of hydrogen-bond donors (Lipinski definition) is 1. The summed E-state index contributed by atoms with van der Waals surface area (Å²) in [7, 11) is 1.37. The van der Waals surface area contributed by atoms with Crippen molar-refractivity contribution in [3.8, 4) is 0 Å². The van der Waals surface area contributed by atoms with Crippen LogP contribution in [0.25, 0.3) is 6.08 Å². The standard InChI is InChI=1S/C26H26N2O3/c1-4-21-20-14-17(2)16-26(21,22-11-12-24(29)28-23(22)15-20)27-13-5-6-18-7-9-19(10-8-18)25(30)31-3/h4-14,20H,15-16H2,1-3H3,(H,28,29)/b6-5?,21-4+,27-13?/t20-,26+/m0/s1. The molecule has 0 spiro atoms. The predicted octanol–water partition coefficient (Wildman–Crippen LogP) is 4.61. The molecule has 1 aromatic heterocycles. The maximum atomic E-state index is 11.9. The molecule has 1 N–H and O–H groups in total. The minimum absolute atomic E-state index is 0.0733. The van der Waals surface area contributed by atoms with Crippen LogP contribution >= 0.6 is 0 Å². The van der Waals surface area contributed by atoms with E-state index in [0.717, 1.165) is 29.7 Å². The zero-order chi connectivity index (χ0) is 22.0. The molecule has 4 rings (SSSR count). The minimum Gasteiger partial charge on any atom is -0.465 e. The Morgan fingerprint density at radius 3 is 2.71 bits per heavy atom. The van der Waals surface area contributed by atoms with E-state index in [1.54, 1.807) is 18.2 Å². The molecule has 2 aromatic rings. The van der Waals surface area contributed by atoms with Gasteiger partial charge in [0.25, 0.3) is 0 Å². The number of esters is 1. The first kappa shape index (κ1) is 20.8. The van der Waals surface area contributed by atoms with Crippen LogP contribution in [0, 0.1) is 5.92 Å². The molecule has 1 heterocycles. The number of allylic oxidation sites excluding steroid dienone is 3. The Hall–Kier alpha value is -3.47. The van der Waals surface area contributed by atoms with Crippen molar-refractivity contribution in [2.24, 2.45) is 10.9 Å². The number of nitrogens with zero attached hydrogens (tertiary/aromatic N) is 1. The van der Waals surface area contributed by atoms with E-state index in [4.69, 9.17) is 9.73 Å². The van der Waals surface area contributed by atoms with E-state index in [1.165, 1.54) is 18.3 Å². The number of methoxy groups -OCH3 is 1. The van der Waals surface area contributed by atoms with Gasteiger partial charge in [0.2, 0.25) is 5.56 Å². The van der Waals surface area contributed by atoms with Gasteiger partial charge in [-0.25, -0.2) is 4.79 Å². The van der Waals surface area contributed by atoms with Crippen LogP contribution in [0.4, 0.5) is 0 Å². The third-order valence-corrected chi connectivity index (χ3v) is 6.08. The number of aromatic amines is 1. The third kappa shape index (κ3) is 3.83. The summed E-state index contributed by atoms with van der Waals surface area (Å²) in [4.78, 5) is 31.6. The number of carbonyl (C=O) groups excluding carboxylic acids is 1. The van der Waals surface area contributed by atoms with Crippen LogP contribution in [-0.2, 0) is 16.7 Å². The Bertz CT molecular complexity index is 1180. The maximum Gasteiger partial charge on any atom is 0.337 e. The van der Waals surface area contributed by atoms with Gasteiger partial charge in [0, 0.05) is 35.9 Å². The fraction of sp³-hybridized carbons (Fsp3) is 0.269. The van der Waals surface area contributed by atoms with Gasteiger partial charge in [0.15, 0.2) is 0 Å². The second-order valence-electron chi connectivity index (χ2n) is 8.07. The molecule has 2 aliphatic carbocycles. The Morgan fingerprint density at radius 1 is 1.23 bits per heavy atom. The Labute approximate surface area is 181 Å². The minimum atomic E-state index is -0.491. The number of rotatable bonds is 4. The number of ether oxygens (including phenoxy) is 1. The Kier molecular flexibility index (Phi) is 5.59. The highest BCUT2D eigenvalue weighted by molar-refractivity contribution is 5.89. The normalized spacial score (nSPS) is 23.8. The van der Waals surface area contributed by atoms with Crippen molar-refractivity contribution >= 4 is 18.3 Å². The second kappa shape index (κ2) is 8.34. The summed E-state index contributed by atoms with van der Waals surface area (Å²) in [6.45, 7) is 4.22. The zero-order valence-corrected chi connectivity index (χ0v) is 18.0. The zero-order valence-electron chi connectivity index (χ0n) is 18.0. The number of fused-ring (bicyclic) bond motifs is 4. The maximum absolute atomic E-state index is 11.9. The summed E-state index contributed by atoms with van der Waals surface area (Å²) in [5.74, 6) is -0.101. The average molecular weight is 415 g/mol. The number of pyridine rings is 1. The number of hydrogen-bond acceptors (Lipinski definition) is 4. The van der Waals surface area contributed by atoms with Gasteiger partial charge in [0.1, 0.15) is 5.54 Å². The SMILES string of the molecule is C/C=C1\[C@H]2C=C(C)C[C@]1(N=CC=Cc1ccc(C(=O)OC)cc1)c1ccc(=O)[nH]c1C2. The molecule has 158 valence electrons. The van der Waals surface area contributed by atoms with E-state index in [2.05, 4.69) is 31.0 Å². The number of nitrogens with one attached hydrogen (secondary N) is 1. The van der Waals surface area contributed by atoms with Crippen LogP contribution in [0.15, 0.2) is 75.6 Å². The molecule has 1 aromatic carbocycles. The van der Waals surface area contributed by atoms with Gasteiger partial charge < -0.3 is 9.72 Å². The van der Waals surface area contributed by atoms with Crippen LogP contribution in [0.1, 0.15) is 47.4 Å². The Balaban J connectivity index is 1.67. The first-order valence-corrected chi connectivity index (χ1v) is 10.4. The van der Waals surface area contributed by atoms with Crippen molar-refractivity contribution < 1.29 is 9.53 Å². The van der Waals surface area contributed by atoms with Crippen molar-refractivity contribution in [3.63, 3.8) is 0 Å². The summed E-state index contributed by atoms with van der Waals surface area (Å²) < 4.78 is 4.73. The molecular weight excluding hydrogens is 388 g/mol. The summed E-state index contributed by atoms with van der Waals surface area (Å²) in [5.41, 5.74) is 5.58. The lowest BCUT2D eigenvalue weighted by molar-refractivity contribution is 0.0600. The monoisotopic (exact) mass is 414 g/mol. The molecule has 0 unspecified atom stereocenters. The predicted molar refractivity (Wildman–Crippen MR) is 123 cm³/mol. The molecule has 0 amide bonds. The highest BCUT2D eigenvalue weighted by Gasteiger charge is 2.46. The fourth-order valence-corrected chi connectivity index (χ4v) is 4.82. The number of carbonyl (C=O) groups is 1. The van der Waals surface area contributed by atoms with Crippen molar-refractivity contribution in [1.29, 1.82) is 0 Å². The van der Waals surface area contributed by atoms with Gasteiger partial charge in [-0.15, -0.1) is 0 Å². The summed E-state index contributed by atoms with van der Waals surface area (Å²) in [6, 6.07) is 10.8. The van der Waals surface area contributed by atoms with E-state index >= 15 is 0 Å². The molecule has 31 heavy (non-hydrogen) atoms. The highest BCUT2D eigenvalue weighted by atomic mass is 16.5. The molecule has 2 atom stereocenters. The quantitative estimate of drug-likeness (QED) is 0.451. The number of aliphatic imine (C=N–C) groups is 1. The van der Waals surface area contributed by atoms with Gasteiger partial charge in [-0.05, 0) is 55.7 Å². The van der Waals surface area contributed by atoms with E-state index in [0.29, 0.717) is 5.56 Å². The molecule has 5 heteroatoms. The van der Waals surface area contributed by atoms with E-state index in [-0.39, 0.29) is 17.4 Å².